The van der Waals surface area contributed by atoms with Crippen LogP contribution in [0.4, 0.5) is 4.39 Å². The highest BCUT2D eigenvalue weighted by Crippen LogP contribution is 2.26. The van der Waals surface area contributed by atoms with Crippen LogP contribution in [0.5, 0.6) is 0 Å². The number of hydrogen-bond donors (Lipinski definition) is 3. The Labute approximate surface area is 118 Å². The van der Waals surface area contributed by atoms with Crippen LogP contribution in [0.25, 0.3) is 0 Å². The van der Waals surface area contributed by atoms with Gasteiger partial charge < -0.3 is 16.3 Å². The molecule has 0 saturated heterocycles. The summed E-state index contributed by atoms with van der Waals surface area (Å²) in [5.41, 5.74) is 6.69. The van der Waals surface area contributed by atoms with Crippen molar-refractivity contribution in [2.24, 2.45) is 16.8 Å². The maximum Gasteiger partial charge on any atom is 0.170 e. The minimum Gasteiger partial charge on any atom is -0.409 e. The van der Waals surface area contributed by atoms with E-state index in [0.29, 0.717) is 12.1 Å². The smallest absolute Gasteiger partial charge is 0.170 e. The van der Waals surface area contributed by atoms with E-state index in [-0.39, 0.29) is 11.7 Å². The second kappa shape index (κ2) is 7.24. The highest BCUT2D eigenvalue weighted by Gasteiger charge is 2.14. The van der Waals surface area contributed by atoms with Crippen LogP contribution in [0.15, 0.2) is 23.4 Å². The van der Waals surface area contributed by atoms with E-state index in [1.165, 1.54) is 44.2 Å². The molecule has 1 saturated carbocycles. The number of nitrogens with two attached hydrogens (primary N) is 1. The van der Waals surface area contributed by atoms with Gasteiger partial charge in [-0.2, -0.15) is 0 Å². The van der Waals surface area contributed by atoms with Crippen LogP contribution < -0.4 is 11.1 Å². The van der Waals surface area contributed by atoms with E-state index in [0.717, 1.165) is 18.0 Å². The molecule has 0 aromatic heterocycles. The van der Waals surface area contributed by atoms with Crippen molar-refractivity contribution in [1.82, 2.24) is 5.32 Å². The topological polar surface area (TPSA) is 70.6 Å². The summed E-state index contributed by atoms with van der Waals surface area (Å²) in [7, 11) is 0. The Bertz CT molecular complexity index is 470. The first kappa shape index (κ1) is 14.8. The van der Waals surface area contributed by atoms with E-state index < -0.39 is 0 Å². The van der Waals surface area contributed by atoms with Crippen LogP contribution in [0.2, 0.25) is 0 Å². The molecule has 0 amide bonds. The SMILES string of the molecule is N/C(=N/O)c1cc(F)cc(CNCCC2CCCC2)c1. The molecular weight excluding hydrogens is 257 g/mol. The number of benzene rings is 1. The second-order valence-corrected chi connectivity index (χ2v) is 5.45. The lowest BCUT2D eigenvalue weighted by Crippen LogP contribution is -2.18. The summed E-state index contributed by atoms with van der Waals surface area (Å²) in [4.78, 5) is 0. The highest BCUT2D eigenvalue weighted by molar-refractivity contribution is 5.97. The molecule has 5 heteroatoms. The first-order valence-electron chi connectivity index (χ1n) is 7.17. The molecule has 0 unspecified atom stereocenters. The summed E-state index contributed by atoms with van der Waals surface area (Å²) >= 11 is 0. The van der Waals surface area contributed by atoms with Crippen molar-refractivity contribution in [1.29, 1.82) is 0 Å². The van der Waals surface area contributed by atoms with Crippen molar-refractivity contribution in [3.63, 3.8) is 0 Å². The van der Waals surface area contributed by atoms with E-state index in [1.807, 2.05) is 0 Å². The number of rotatable bonds is 6. The zero-order chi connectivity index (χ0) is 14.4. The zero-order valence-corrected chi connectivity index (χ0v) is 11.6. The molecule has 0 bridgehead atoms. The quantitative estimate of drug-likeness (QED) is 0.246. The van der Waals surface area contributed by atoms with E-state index in [2.05, 4.69) is 10.5 Å². The van der Waals surface area contributed by atoms with Gasteiger partial charge in [0, 0.05) is 12.1 Å². The van der Waals surface area contributed by atoms with Crippen LogP contribution >= 0.6 is 0 Å². The van der Waals surface area contributed by atoms with Crippen molar-refractivity contribution in [2.75, 3.05) is 6.54 Å². The number of oxime groups is 1. The fourth-order valence-electron chi connectivity index (χ4n) is 2.80. The molecule has 20 heavy (non-hydrogen) atoms. The van der Waals surface area contributed by atoms with E-state index in [9.17, 15) is 4.39 Å². The Morgan fingerprint density at radius 1 is 1.35 bits per heavy atom. The molecule has 0 aliphatic heterocycles. The molecule has 0 spiro atoms. The largest absolute Gasteiger partial charge is 0.409 e. The first-order valence-corrected chi connectivity index (χ1v) is 7.17. The van der Waals surface area contributed by atoms with Gasteiger partial charge >= 0.3 is 0 Å². The fraction of sp³-hybridized carbons (Fsp3) is 0.533. The lowest BCUT2D eigenvalue weighted by molar-refractivity contribution is 0.318. The van der Waals surface area contributed by atoms with Gasteiger partial charge in [-0.05, 0) is 42.6 Å². The lowest BCUT2D eigenvalue weighted by Gasteiger charge is -2.10. The van der Waals surface area contributed by atoms with Gasteiger partial charge in [-0.15, -0.1) is 0 Å². The normalized spacial score (nSPS) is 16.8. The minimum absolute atomic E-state index is 0.0725. The standard InChI is InChI=1S/C15H22FN3O/c16-14-8-12(7-13(9-14)15(17)19-20)10-18-6-5-11-3-1-2-4-11/h7-9,11,18,20H,1-6,10H2,(H2,17,19). The first-order chi connectivity index (χ1) is 9.69. The molecule has 1 aromatic rings. The number of hydrogen-bond acceptors (Lipinski definition) is 3. The van der Waals surface area contributed by atoms with Gasteiger partial charge in [-0.25, -0.2) is 4.39 Å². The van der Waals surface area contributed by atoms with Crippen molar-refractivity contribution < 1.29 is 9.60 Å². The summed E-state index contributed by atoms with van der Waals surface area (Å²) in [6.07, 6.45) is 6.59. The van der Waals surface area contributed by atoms with E-state index in [4.69, 9.17) is 10.9 Å². The van der Waals surface area contributed by atoms with Crippen LogP contribution in [-0.4, -0.2) is 17.6 Å². The highest BCUT2D eigenvalue weighted by atomic mass is 19.1. The second-order valence-electron chi connectivity index (χ2n) is 5.45. The number of nitrogens with one attached hydrogen (secondary N) is 1. The predicted molar refractivity (Wildman–Crippen MR) is 77.2 cm³/mol. The molecular formula is C15H22FN3O. The van der Waals surface area contributed by atoms with Crippen LogP contribution in [0.3, 0.4) is 0 Å². The van der Waals surface area contributed by atoms with Gasteiger partial charge in [-0.3, -0.25) is 0 Å². The molecule has 1 aromatic carbocycles. The molecule has 1 fully saturated rings. The third-order valence-corrected chi connectivity index (χ3v) is 3.89. The summed E-state index contributed by atoms with van der Waals surface area (Å²) in [6, 6.07) is 4.47. The average molecular weight is 279 g/mol. The van der Waals surface area contributed by atoms with Crippen molar-refractivity contribution in [2.45, 2.75) is 38.6 Å². The maximum absolute atomic E-state index is 13.5. The third kappa shape index (κ3) is 4.20. The van der Waals surface area contributed by atoms with Gasteiger partial charge in [0.15, 0.2) is 5.84 Å². The molecule has 1 aliphatic carbocycles. The monoisotopic (exact) mass is 279 g/mol. The van der Waals surface area contributed by atoms with Crippen LogP contribution in [-0.2, 0) is 6.54 Å². The Hall–Kier alpha value is -1.62. The molecule has 110 valence electrons. The van der Waals surface area contributed by atoms with Gasteiger partial charge in [0.1, 0.15) is 5.82 Å². The Morgan fingerprint density at radius 2 is 2.10 bits per heavy atom. The maximum atomic E-state index is 13.5. The summed E-state index contributed by atoms with van der Waals surface area (Å²) in [6.45, 7) is 1.54. The minimum atomic E-state index is -0.373. The van der Waals surface area contributed by atoms with Gasteiger partial charge in [0.05, 0.1) is 0 Å². The Morgan fingerprint density at radius 3 is 2.80 bits per heavy atom. The van der Waals surface area contributed by atoms with Crippen molar-refractivity contribution in [3.8, 4) is 0 Å². The number of halogens is 1. The van der Waals surface area contributed by atoms with E-state index in [1.54, 1.807) is 6.07 Å². The van der Waals surface area contributed by atoms with Gasteiger partial charge in [0.25, 0.3) is 0 Å². The van der Waals surface area contributed by atoms with Gasteiger partial charge in [0.2, 0.25) is 0 Å². The molecule has 0 atom stereocenters. The third-order valence-electron chi connectivity index (χ3n) is 3.89. The lowest BCUT2D eigenvalue weighted by atomic mass is 10.0. The predicted octanol–water partition coefficient (Wildman–Crippen LogP) is 2.59. The fourth-order valence-corrected chi connectivity index (χ4v) is 2.80. The molecule has 0 radical (unpaired) electrons. The molecule has 2 rings (SSSR count). The summed E-state index contributed by atoms with van der Waals surface area (Å²) in [5, 5.41) is 14.9. The summed E-state index contributed by atoms with van der Waals surface area (Å²) in [5.74, 6) is 0.404. The molecule has 1 aliphatic rings. The van der Waals surface area contributed by atoms with E-state index >= 15 is 0 Å². The Balaban J connectivity index is 1.84. The molecule has 4 N–H and O–H groups in total. The van der Waals surface area contributed by atoms with Crippen LogP contribution in [0, 0.1) is 11.7 Å². The number of nitrogens with zero attached hydrogens (tertiary/aromatic N) is 1. The Kier molecular flexibility index (Phi) is 5.35. The number of amidine groups is 1. The zero-order valence-electron chi connectivity index (χ0n) is 11.6. The van der Waals surface area contributed by atoms with Crippen molar-refractivity contribution >= 4 is 5.84 Å². The van der Waals surface area contributed by atoms with Crippen molar-refractivity contribution in [3.05, 3.63) is 35.1 Å². The summed E-state index contributed by atoms with van der Waals surface area (Å²) < 4.78 is 13.5. The van der Waals surface area contributed by atoms with Gasteiger partial charge in [-0.1, -0.05) is 30.8 Å². The molecule has 4 nitrogen and oxygen atoms in total. The van der Waals surface area contributed by atoms with Crippen LogP contribution in [0.1, 0.15) is 43.2 Å². The average Bonchev–Trinajstić information content (AvgIpc) is 2.95. The molecule has 0 heterocycles.